The van der Waals surface area contributed by atoms with Gasteiger partial charge in [0.05, 0.1) is 36.9 Å². The first-order chi connectivity index (χ1) is 10.1. The number of aryl methyl sites for hydroxylation is 2. The highest BCUT2D eigenvalue weighted by Crippen LogP contribution is 2.24. The lowest BCUT2D eigenvalue weighted by Crippen LogP contribution is -2.39. The van der Waals surface area contributed by atoms with Gasteiger partial charge in [-0.05, 0) is 24.7 Å². The average molecular weight is 291 g/mol. The van der Waals surface area contributed by atoms with Crippen LogP contribution in [0.4, 0.5) is 0 Å². The zero-order valence-electron chi connectivity index (χ0n) is 12.6. The van der Waals surface area contributed by atoms with Crippen LogP contribution < -0.4 is 11.0 Å². The lowest BCUT2D eigenvalue weighted by molar-refractivity contribution is -0.101. The lowest BCUT2D eigenvalue weighted by atomic mass is 10.0. The number of hydrogen-bond donors (Lipinski definition) is 1. The van der Waals surface area contributed by atoms with E-state index in [9.17, 15) is 4.79 Å². The van der Waals surface area contributed by atoms with Crippen molar-refractivity contribution in [2.75, 3.05) is 26.9 Å². The molecular weight excluding hydrogens is 270 g/mol. The van der Waals surface area contributed by atoms with Gasteiger partial charge in [0.2, 0.25) is 0 Å². The summed E-state index contributed by atoms with van der Waals surface area (Å²) >= 11 is 0. The minimum Gasteiger partial charge on any atom is -0.376 e. The van der Waals surface area contributed by atoms with Gasteiger partial charge in [-0.25, -0.2) is 4.79 Å². The van der Waals surface area contributed by atoms with E-state index in [0.29, 0.717) is 19.8 Å². The molecule has 1 aliphatic rings. The Morgan fingerprint density at radius 1 is 1.24 bits per heavy atom. The van der Waals surface area contributed by atoms with Gasteiger partial charge in [0.25, 0.3) is 0 Å². The Labute approximate surface area is 123 Å². The van der Waals surface area contributed by atoms with E-state index in [2.05, 4.69) is 11.4 Å². The van der Waals surface area contributed by atoms with Crippen LogP contribution in [0.2, 0.25) is 0 Å². The van der Waals surface area contributed by atoms with E-state index < -0.39 is 0 Å². The van der Waals surface area contributed by atoms with Crippen molar-refractivity contribution in [2.45, 2.75) is 12.1 Å². The average Bonchev–Trinajstić information content (AvgIpc) is 2.74. The van der Waals surface area contributed by atoms with Crippen LogP contribution in [0.25, 0.3) is 11.0 Å². The molecule has 3 rings (SSSR count). The van der Waals surface area contributed by atoms with Gasteiger partial charge in [0, 0.05) is 14.1 Å². The van der Waals surface area contributed by atoms with Crippen molar-refractivity contribution in [3.05, 3.63) is 34.2 Å². The van der Waals surface area contributed by atoms with Gasteiger partial charge in [0.1, 0.15) is 6.10 Å². The van der Waals surface area contributed by atoms with Crippen LogP contribution in [0.3, 0.4) is 0 Å². The monoisotopic (exact) mass is 291 g/mol. The Hall–Kier alpha value is -1.63. The molecule has 2 atom stereocenters. The summed E-state index contributed by atoms with van der Waals surface area (Å²) in [5.41, 5.74) is 2.95. The second kappa shape index (κ2) is 5.63. The van der Waals surface area contributed by atoms with E-state index in [-0.39, 0.29) is 17.8 Å². The summed E-state index contributed by atoms with van der Waals surface area (Å²) in [7, 11) is 5.50. The molecule has 0 radical (unpaired) electrons. The van der Waals surface area contributed by atoms with Gasteiger partial charge >= 0.3 is 5.69 Å². The molecule has 1 aliphatic heterocycles. The third-order valence-electron chi connectivity index (χ3n) is 4.18. The molecule has 1 saturated heterocycles. The Morgan fingerprint density at radius 2 is 2.00 bits per heavy atom. The molecule has 0 bridgehead atoms. The Balaban J connectivity index is 2.02. The molecule has 0 amide bonds. The van der Waals surface area contributed by atoms with Gasteiger partial charge < -0.3 is 14.8 Å². The topological polar surface area (TPSA) is 57.4 Å². The number of nitrogens with zero attached hydrogens (tertiary/aromatic N) is 2. The standard InChI is InChI=1S/C15H21N3O3/c1-16-14(13-9-20-6-7-21-13)10-4-5-11-12(8-10)18(3)15(19)17(11)2/h4-5,8,13-14,16H,6-7,9H2,1-3H3. The second-order valence-corrected chi connectivity index (χ2v) is 5.40. The van der Waals surface area contributed by atoms with Crippen LogP contribution in [0, 0.1) is 0 Å². The minimum atomic E-state index is -0.0135. The van der Waals surface area contributed by atoms with Gasteiger partial charge in [-0.2, -0.15) is 0 Å². The van der Waals surface area contributed by atoms with Gasteiger partial charge in [-0.3, -0.25) is 9.13 Å². The first-order valence-corrected chi connectivity index (χ1v) is 7.15. The highest BCUT2D eigenvalue weighted by Gasteiger charge is 2.26. The number of imidazole rings is 1. The van der Waals surface area contributed by atoms with Crippen LogP contribution in [0.1, 0.15) is 11.6 Å². The number of aromatic nitrogens is 2. The van der Waals surface area contributed by atoms with Crippen LogP contribution in [-0.4, -0.2) is 42.1 Å². The predicted molar refractivity (Wildman–Crippen MR) is 80.5 cm³/mol. The number of rotatable bonds is 3. The fourth-order valence-corrected chi connectivity index (χ4v) is 2.98. The van der Waals surface area contributed by atoms with Crippen molar-refractivity contribution >= 4 is 11.0 Å². The van der Waals surface area contributed by atoms with E-state index >= 15 is 0 Å². The van der Waals surface area contributed by atoms with Crippen LogP contribution >= 0.6 is 0 Å². The summed E-state index contributed by atoms with van der Waals surface area (Å²) in [6, 6.07) is 6.13. The van der Waals surface area contributed by atoms with Gasteiger partial charge in [-0.1, -0.05) is 6.07 Å². The smallest absolute Gasteiger partial charge is 0.328 e. The molecule has 6 nitrogen and oxygen atoms in total. The molecule has 21 heavy (non-hydrogen) atoms. The van der Waals surface area contributed by atoms with E-state index in [0.717, 1.165) is 16.6 Å². The molecule has 1 aromatic heterocycles. The molecule has 0 spiro atoms. The third kappa shape index (κ3) is 2.39. The Bertz CT molecular complexity index is 698. The molecule has 1 aromatic carbocycles. The Morgan fingerprint density at radius 3 is 2.67 bits per heavy atom. The first kappa shape index (κ1) is 14.3. The lowest BCUT2D eigenvalue weighted by Gasteiger charge is -2.30. The number of benzene rings is 1. The highest BCUT2D eigenvalue weighted by atomic mass is 16.6. The maximum absolute atomic E-state index is 12.0. The molecule has 2 unspecified atom stereocenters. The van der Waals surface area contributed by atoms with Crippen molar-refractivity contribution in [2.24, 2.45) is 14.1 Å². The van der Waals surface area contributed by atoms with Crippen LogP contribution in [0.15, 0.2) is 23.0 Å². The fraction of sp³-hybridized carbons (Fsp3) is 0.533. The number of likely N-dealkylation sites (N-methyl/N-ethyl adjacent to an activating group) is 1. The molecule has 0 aliphatic carbocycles. The molecule has 2 aromatic rings. The van der Waals surface area contributed by atoms with E-state index in [1.165, 1.54) is 0 Å². The van der Waals surface area contributed by atoms with Crippen molar-refractivity contribution in [3.63, 3.8) is 0 Å². The summed E-state index contributed by atoms with van der Waals surface area (Å²) in [4.78, 5) is 12.0. The fourth-order valence-electron chi connectivity index (χ4n) is 2.98. The number of nitrogens with one attached hydrogen (secondary N) is 1. The molecule has 0 saturated carbocycles. The Kier molecular flexibility index (Phi) is 3.84. The minimum absolute atomic E-state index is 0.0121. The summed E-state index contributed by atoms with van der Waals surface area (Å²) < 4.78 is 14.6. The zero-order valence-corrected chi connectivity index (χ0v) is 12.6. The zero-order chi connectivity index (χ0) is 15.0. The third-order valence-corrected chi connectivity index (χ3v) is 4.18. The maximum atomic E-state index is 12.0. The molecule has 1 fully saturated rings. The van der Waals surface area contributed by atoms with Crippen LogP contribution in [0.5, 0.6) is 0 Å². The molecule has 114 valence electrons. The van der Waals surface area contributed by atoms with Crippen molar-refractivity contribution in [3.8, 4) is 0 Å². The van der Waals surface area contributed by atoms with Crippen molar-refractivity contribution in [1.29, 1.82) is 0 Å². The van der Waals surface area contributed by atoms with Crippen molar-refractivity contribution in [1.82, 2.24) is 14.5 Å². The normalized spacial score (nSPS) is 20.8. The largest absolute Gasteiger partial charge is 0.376 e. The van der Waals surface area contributed by atoms with Crippen LogP contribution in [-0.2, 0) is 23.6 Å². The maximum Gasteiger partial charge on any atom is 0.328 e. The highest BCUT2D eigenvalue weighted by molar-refractivity contribution is 5.77. The van der Waals surface area contributed by atoms with E-state index in [1.54, 1.807) is 23.2 Å². The number of fused-ring (bicyclic) bond motifs is 1. The molecule has 1 N–H and O–H groups in total. The second-order valence-electron chi connectivity index (χ2n) is 5.40. The summed E-state index contributed by atoms with van der Waals surface area (Å²) in [5, 5.41) is 3.29. The molecule has 6 heteroatoms. The van der Waals surface area contributed by atoms with E-state index in [1.807, 2.05) is 19.2 Å². The summed E-state index contributed by atoms with van der Waals surface area (Å²) in [6.45, 7) is 1.85. The number of ether oxygens (including phenoxy) is 2. The number of hydrogen-bond acceptors (Lipinski definition) is 4. The van der Waals surface area contributed by atoms with Gasteiger partial charge in [-0.15, -0.1) is 0 Å². The van der Waals surface area contributed by atoms with Gasteiger partial charge in [0.15, 0.2) is 0 Å². The molecule has 2 heterocycles. The summed E-state index contributed by atoms with van der Waals surface area (Å²) in [6.07, 6.45) is -0.0121. The quantitative estimate of drug-likeness (QED) is 0.897. The van der Waals surface area contributed by atoms with E-state index in [4.69, 9.17) is 9.47 Å². The van der Waals surface area contributed by atoms with Crippen molar-refractivity contribution < 1.29 is 9.47 Å². The predicted octanol–water partition coefficient (Wildman–Crippen LogP) is 0.553. The summed E-state index contributed by atoms with van der Waals surface area (Å²) in [5.74, 6) is 0. The first-order valence-electron chi connectivity index (χ1n) is 7.15. The SMILES string of the molecule is CNC(c1ccc2c(c1)n(C)c(=O)n2C)C1COCCO1. The molecular formula is C15H21N3O3.